The van der Waals surface area contributed by atoms with Gasteiger partial charge in [-0.2, -0.15) is 0 Å². The lowest BCUT2D eigenvalue weighted by Gasteiger charge is -1.98. The first kappa shape index (κ1) is 11.1. The molecule has 5 heteroatoms. The molecule has 0 aliphatic carbocycles. The Morgan fingerprint density at radius 3 is 2.95 bits per heavy atom. The predicted octanol–water partition coefficient (Wildman–Crippen LogP) is 3.83. The van der Waals surface area contributed by atoms with E-state index in [2.05, 4.69) is 33.8 Å². The Morgan fingerprint density at radius 1 is 1.11 bits per heavy atom. The molecule has 3 aromatic rings. The lowest BCUT2D eigenvalue weighted by atomic mass is 10.1. The van der Waals surface area contributed by atoms with E-state index in [-0.39, 0.29) is 6.79 Å². The molecule has 1 aliphatic rings. The molecule has 1 aliphatic heterocycles. The van der Waals surface area contributed by atoms with Crippen LogP contribution in [0, 0.1) is 3.57 Å². The van der Waals surface area contributed by atoms with Crippen LogP contribution in [0.15, 0.2) is 40.9 Å². The molecule has 0 amide bonds. The molecule has 0 saturated carbocycles. The summed E-state index contributed by atoms with van der Waals surface area (Å²) < 4.78 is 17.3. The molecular weight excluding hydrogens is 357 g/mol. The first-order valence-electron chi connectivity index (χ1n) is 5.77. The lowest BCUT2D eigenvalue weighted by molar-refractivity contribution is 0.173. The van der Waals surface area contributed by atoms with Crippen LogP contribution in [0.4, 0.5) is 0 Å². The highest BCUT2D eigenvalue weighted by Gasteiger charge is 2.22. The van der Waals surface area contributed by atoms with E-state index in [1.165, 1.54) is 0 Å². The minimum atomic E-state index is 0.230. The number of hydrogen-bond acceptors (Lipinski definition) is 4. The highest BCUT2D eigenvalue weighted by molar-refractivity contribution is 14.1. The van der Waals surface area contributed by atoms with Crippen molar-refractivity contribution < 1.29 is 14.0 Å². The summed E-state index contributed by atoms with van der Waals surface area (Å²) in [6.07, 6.45) is 0. The average molecular weight is 365 g/mol. The molecule has 0 fully saturated rings. The third-order valence-electron chi connectivity index (χ3n) is 3.08. The van der Waals surface area contributed by atoms with Gasteiger partial charge in [0.05, 0.1) is 5.39 Å². The van der Waals surface area contributed by atoms with Gasteiger partial charge in [0.15, 0.2) is 5.75 Å². The standard InChI is InChI=1S/C14H8INO3/c15-9-3-1-2-8(6-9)12-10-4-5-11-14(18-7-17-11)13(10)19-16-12/h1-6H,7H2. The number of aromatic nitrogens is 1. The predicted molar refractivity (Wildman–Crippen MR) is 78.3 cm³/mol. The topological polar surface area (TPSA) is 44.5 Å². The van der Waals surface area contributed by atoms with Crippen molar-refractivity contribution >= 4 is 33.6 Å². The molecule has 0 bridgehead atoms. The van der Waals surface area contributed by atoms with Gasteiger partial charge in [-0.1, -0.05) is 17.3 Å². The van der Waals surface area contributed by atoms with Gasteiger partial charge in [0.25, 0.3) is 0 Å². The van der Waals surface area contributed by atoms with Crippen molar-refractivity contribution in [3.05, 3.63) is 40.0 Å². The van der Waals surface area contributed by atoms with Crippen LogP contribution >= 0.6 is 22.6 Å². The van der Waals surface area contributed by atoms with Gasteiger partial charge in [0.1, 0.15) is 5.69 Å². The second-order valence-electron chi connectivity index (χ2n) is 4.22. The summed E-state index contributed by atoms with van der Waals surface area (Å²) in [6.45, 7) is 0.230. The SMILES string of the molecule is Ic1cccc(-c2noc3c4c(ccc23)OCO4)c1. The number of ether oxygens (including phenoxy) is 2. The van der Waals surface area contributed by atoms with E-state index < -0.39 is 0 Å². The van der Waals surface area contributed by atoms with Gasteiger partial charge >= 0.3 is 0 Å². The van der Waals surface area contributed by atoms with Gasteiger partial charge in [-0.05, 0) is 46.9 Å². The second-order valence-corrected chi connectivity index (χ2v) is 5.46. The summed E-state index contributed by atoms with van der Waals surface area (Å²) in [5.41, 5.74) is 2.50. The number of halogens is 1. The van der Waals surface area contributed by atoms with Crippen LogP contribution in [0.2, 0.25) is 0 Å². The minimum absolute atomic E-state index is 0.230. The highest BCUT2D eigenvalue weighted by atomic mass is 127. The van der Waals surface area contributed by atoms with Crippen LogP contribution in [0.1, 0.15) is 0 Å². The Bertz CT molecular complexity index is 781. The molecular formula is C14H8INO3. The molecule has 0 N–H and O–H groups in total. The van der Waals surface area contributed by atoms with Crippen LogP contribution < -0.4 is 9.47 Å². The highest BCUT2D eigenvalue weighted by Crippen LogP contribution is 2.42. The summed E-state index contributed by atoms with van der Waals surface area (Å²) in [4.78, 5) is 0. The van der Waals surface area contributed by atoms with Crippen molar-refractivity contribution in [3.63, 3.8) is 0 Å². The van der Waals surface area contributed by atoms with Crippen LogP contribution in [-0.4, -0.2) is 11.9 Å². The van der Waals surface area contributed by atoms with E-state index in [1.54, 1.807) is 0 Å². The first-order valence-corrected chi connectivity index (χ1v) is 6.85. The number of nitrogens with zero attached hydrogens (tertiary/aromatic N) is 1. The van der Waals surface area contributed by atoms with Crippen molar-refractivity contribution in [2.45, 2.75) is 0 Å². The zero-order valence-electron chi connectivity index (χ0n) is 9.72. The number of fused-ring (bicyclic) bond motifs is 3. The van der Waals surface area contributed by atoms with E-state index in [9.17, 15) is 0 Å². The van der Waals surface area contributed by atoms with Gasteiger partial charge in [0.2, 0.25) is 18.1 Å². The monoisotopic (exact) mass is 365 g/mol. The molecule has 94 valence electrons. The number of rotatable bonds is 1. The van der Waals surface area contributed by atoms with Crippen molar-refractivity contribution in [2.24, 2.45) is 0 Å². The summed E-state index contributed by atoms with van der Waals surface area (Å²) in [7, 11) is 0. The van der Waals surface area contributed by atoms with E-state index >= 15 is 0 Å². The minimum Gasteiger partial charge on any atom is -0.453 e. The molecule has 0 spiro atoms. The fourth-order valence-electron chi connectivity index (χ4n) is 2.21. The Labute approximate surface area is 122 Å². The Morgan fingerprint density at radius 2 is 2.05 bits per heavy atom. The number of benzene rings is 2. The fourth-order valence-corrected chi connectivity index (χ4v) is 2.75. The summed E-state index contributed by atoms with van der Waals surface area (Å²) in [5.74, 6) is 1.35. The molecule has 19 heavy (non-hydrogen) atoms. The van der Waals surface area contributed by atoms with Crippen LogP contribution in [0.3, 0.4) is 0 Å². The summed E-state index contributed by atoms with van der Waals surface area (Å²) >= 11 is 2.28. The maximum absolute atomic E-state index is 5.43. The van der Waals surface area contributed by atoms with Gasteiger partial charge in [-0.15, -0.1) is 0 Å². The Hall–Kier alpha value is -1.76. The van der Waals surface area contributed by atoms with Gasteiger partial charge in [-0.25, -0.2) is 0 Å². The molecule has 0 atom stereocenters. The Kier molecular flexibility index (Phi) is 2.41. The fraction of sp³-hybridized carbons (Fsp3) is 0.0714. The van der Waals surface area contributed by atoms with Crippen LogP contribution in [0.5, 0.6) is 11.5 Å². The average Bonchev–Trinajstić information content (AvgIpc) is 3.04. The first-order chi connectivity index (χ1) is 9.33. The quantitative estimate of drug-likeness (QED) is 0.615. The number of hydrogen-bond donors (Lipinski definition) is 0. The van der Waals surface area contributed by atoms with E-state index in [1.807, 2.05) is 30.3 Å². The normalized spacial score (nSPS) is 13.1. The van der Waals surface area contributed by atoms with Gasteiger partial charge in [0, 0.05) is 9.13 Å². The largest absolute Gasteiger partial charge is 0.453 e. The lowest BCUT2D eigenvalue weighted by Crippen LogP contribution is -1.93. The zero-order valence-corrected chi connectivity index (χ0v) is 11.9. The maximum Gasteiger partial charge on any atom is 0.231 e. The van der Waals surface area contributed by atoms with Crippen molar-refractivity contribution in [1.82, 2.24) is 5.16 Å². The molecule has 4 nitrogen and oxygen atoms in total. The molecule has 0 unspecified atom stereocenters. The Balaban J connectivity index is 1.97. The molecule has 2 heterocycles. The summed E-state index contributed by atoms with van der Waals surface area (Å²) in [6, 6.07) is 12.0. The van der Waals surface area contributed by atoms with Crippen molar-refractivity contribution in [2.75, 3.05) is 6.79 Å². The van der Waals surface area contributed by atoms with E-state index in [0.717, 1.165) is 20.2 Å². The zero-order chi connectivity index (χ0) is 12.8. The van der Waals surface area contributed by atoms with E-state index in [4.69, 9.17) is 14.0 Å². The van der Waals surface area contributed by atoms with Gasteiger partial charge in [-0.3, -0.25) is 0 Å². The summed E-state index contributed by atoms with van der Waals surface area (Å²) in [5, 5.41) is 5.11. The van der Waals surface area contributed by atoms with Crippen molar-refractivity contribution in [1.29, 1.82) is 0 Å². The van der Waals surface area contributed by atoms with Crippen LogP contribution in [-0.2, 0) is 0 Å². The molecule has 2 aromatic carbocycles. The molecule has 0 saturated heterocycles. The molecule has 1 aromatic heterocycles. The molecule has 0 radical (unpaired) electrons. The second kappa shape index (κ2) is 4.12. The smallest absolute Gasteiger partial charge is 0.231 e. The van der Waals surface area contributed by atoms with Gasteiger partial charge < -0.3 is 14.0 Å². The van der Waals surface area contributed by atoms with E-state index in [0.29, 0.717) is 17.1 Å². The van der Waals surface area contributed by atoms with Crippen LogP contribution in [0.25, 0.3) is 22.2 Å². The maximum atomic E-state index is 5.43. The van der Waals surface area contributed by atoms with Crippen molar-refractivity contribution in [3.8, 4) is 22.8 Å². The molecule has 4 rings (SSSR count). The third kappa shape index (κ3) is 1.68. The third-order valence-corrected chi connectivity index (χ3v) is 3.75.